The first-order valence-electron chi connectivity index (χ1n) is 12.6. The van der Waals surface area contributed by atoms with Gasteiger partial charge in [-0.05, 0) is 75.7 Å². The molecule has 0 saturated carbocycles. The lowest BCUT2D eigenvalue weighted by Crippen LogP contribution is -2.33. The summed E-state index contributed by atoms with van der Waals surface area (Å²) in [5, 5.41) is 0. The number of halogens is 3. The quantitative estimate of drug-likeness (QED) is 0.388. The van der Waals surface area contributed by atoms with Crippen LogP contribution in [0.4, 0.5) is 13.2 Å². The Balaban J connectivity index is 1.67. The minimum atomic E-state index is -4.72. The van der Waals surface area contributed by atoms with E-state index in [1.165, 1.54) is 12.1 Å². The zero-order chi connectivity index (χ0) is 25.9. The summed E-state index contributed by atoms with van der Waals surface area (Å²) in [7, 11) is 0. The molecule has 1 aliphatic heterocycles. The van der Waals surface area contributed by atoms with Crippen LogP contribution in [0.3, 0.4) is 0 Å². The van der Waals surface area contributed by atoms with E-state index < -0.39 is 6.36 Å². The van der Waals surface area contributed by atoms with Crippen molar-refractivity contribution in [2.75, 3.05) is 26.2 Å². The van der Waals surface area contributed by atoms with Crippen molar-refractivity contribution in [3.8, 4) is 5.75 Å². The first-order chi connectivity index (χ1) is 17.2. The first-order valence-corrected chi connectivity index (χ1v) is 12.6. The molecule has 1 unspecified atom stereocenters. The number of carbonyl (C=O) groups is 1. The molecule has 1 amide bonds. The minimum Gasteiger partial charge on any atom is -0.406 e. The molecule has 3 aromatic rings. The van der Waals surface area contributed by atoms with Gasteiger partial charge in [-0.1, -0.05) is 19.1 Å². The number of ether oxygens (including phenoxy) is 1. The molecule has 36 heavy (non-hydrogen) atoms. The summed E-state index contributed by atoms with van der Waals surface area (Å²) in [5.74, 6) is 0.555. The molecule has 2 aromatic carbocycles. The highest BCUT2D eigenvalue weighted by atomic mass is 19.4. The lowest BCUT2D eigenvalue weighted by atomic mass is 10.1. The number of alkyl halides is 3. The summed E-state index contributed by atoms with van der Waals surface area (Å²) >= 11 is 0. The number of nitrogens with zero attached hydrogens (tertiary/aromatic N) is 4. The summed E-state index contributed by atoms with van der Waals surface area (Å²) in [5.41, 5.74) is 3.15. The van der Waals surface area contributed by atoms with Crippen molar-refractivity contribution >= 4 is 16.9 Å². The average molecular weight is 503 g/mol. The molecule has 194 valence electrons. The number of hydrogen-bond donors (Lipinski definition) is 0. The highest BCUT2D eigenvalue weighted by molar-refractivity contribution is 5.97. The number of likely N-dealkylation sites (N-methyl/N-ethyl adjacent to an activating group) is 1. The summed E-state index contributed by atoms with van der Waals surface area (Å²) in [6.07, 6.45) is -2.00. The fraction of sp³-hybridized carbons (Fsp3) is 0.481. The fourth-order valence-corrected chi connectivity index (χ4v) is 5.07. The van der Waals surface area contributed by atoms with Crippen LogP contribution in [0.25, 0.3) is 11.0 Å². The van der Waals surface area contributed by atoms with E-state index in [9.17, 15) is 18.0 Å². The van der Waals surface area contributed by atoms with Gasteiger partial charge in [-0.25, -0.2) is 4.98 Å². The Bertz CT molecular complexity index is 1190. The molecule has 6 nitrogen and oxygen atoms in total. The van der Waals surface area contributed by atoms with Gasteiger partial charge in [0.1, 0.15) is 11.6 Å². The average Bonchev–Trinajstić information content (AvgIpc) is 3.44. The fourth-order valence-electron chi connectivity index (χ4n) is 5.07. The van der Waals surface area contributed by atoms with Gasteiger partial charge in [0.15, 0.2) is 0 Å². The second-order valence-corrected chi connectivity index (χ2v) is 9.11. The van der Waals surface area contributed by atoms with Crippen molar-refractivity contribution in [2.45, 2.75) is 59.0 Å². The SMILES string of the molecule is CCN(CC)C(=O)c1ccc2c(c1)nc(Cc1ccc(OC(F)(F)F)cc1)n2CC1CCCN1CC. The molecule has 9 heteroatoms. The Morgan fingerprint density at radius 2 is 1.83 bits per heavy atom. The van der Waals surface area contributed by atoms with Crippen molar-refractivity contribution in [3.05, 3.63) is 59.4 Å². The normalized spacial score (nSPS) is 16.6. The topological polar surface area (TPSA) is 50.6 Å². The van der Waals surface area contributed by atoms with Crippen LogP contribution in [0.1, 0.15) is 55.4 Å². The Kier molecular flexibility index (Phi) is 7.88. The van der Waals surface area contributed by atoms with Gasteiger partial charge in [0.05, 0.1) is 11.0 Å². The highest BCUT2D eigenvalue weighted by Crippen LogP contribution is 2.27. The number of fused-ring (bicyclic) bond motifs is 1. The third kappa shape index (κ3) is 5.83. The highest BCUT2D eigenvalue weighted by Gasteiger charge is 2.31. The molecule has 0 spiro atoms. The summed E-state index contributed by atoms with van der Waals surface area (Å²) < 4.78 is 43.8. The molecule has 1 saturated heterocycles. The van der Waals surface area contributed by atoms with Gasteiger partial charge in [0.2, 0.25) is 0 Å². The van der Waals surface area contributed by atoms with Crippen LogP contribution in [-0.2, 0) is 13.0 Å². The number of carbonyl (C=O) groups excluding carboxylic acids is 1. The molecular weight excluding hydrogens is 469 g/mol. The second-order valence-electron chi connectivity index (χ2n) is 9.11. The van der Waals surface area contributed by atoms with Crippen LogP contribution in [0.5, 0.6) is 5.75 Å². The smallest absolute Gasteiger partial charge is 0.406 e. The Morgan fingerprint density at radius 3 is 2.47 bits per heavy atom. The number of benzene rings is 2. The Labute approximate surface area is 209 Å². The van der Waals surface area contributed by atoms with Crippen LogP contribution >= 0.6 is 0 Å². The number of aromatic nitrogens is 2. The molecule has 1 atom stereocenters. The maximum absolute atomic E-state index is 12.9. The van der Waals surface area contributed by atoms with E-state index in [-0.39, 0.29) is 11.7 Å². The zero-order valence-electron chi connectivity index (χ0n) is 21.0. The van der Waals surface area contributed by atoms with E-state index in [4.69, 9.17) is 4.98 Å². The van der Waals surface area contributed by atoms with Crippen LogP contribution in [0.2, 0.25) is 0 Å². The van der Waals surface area contributed by atoms with Crippen molar-refractivity contribution in [1.29, 1.82) is 0 Å². The number of hydrogen-bond acceptors (Lipinski definition) is 4. The summed E-state index contributed by atoms with van der Waals surface area (Å²) in [6.45, 7) is 10.2. The number of imidazole rings is 1. The predicted molar refractivity (Wildman–Crippen MR) is 133 cm³/mol. The lowest BCUT2D eigenvalue weighted by Gasteiger charge is -2.24. The van der Waals surface area contributed by atoms with Gasteiger partial charge >= 0.3 is 6.36 Å². The van der Waals surface area contributed by atoms with Gasteiger partial charge in [0.25, 0.3) is 5.91 Å². The molecule has 0 aliphatic carbocycles. The van der Waals surface area contributed by atoms with E-state index in [0.29, 0.717) is 31.1 Å². The monoisotopic (exact) mass is 502 g/mol. The molecule has 4 rings (SSSR count). The maximum atomic E-state index is 12.9. The van der Waals surface area contributed by atoms with E-state index in [1.807, 2.05) is 32.0 Å². The number of likely N-dealkylation sites (tertiary alicyclic amines) is 1. The van der Waals surface area contributed by atoms with Gasteiger partial charge in [-0.2, -0.15) is 0 Å². The van der Waals surface area contributed by atoms with Gasteiger partial charge < -0.3 is 14.2 Å². The molecule has 0 bridgehead atoms. The van der Waals surface area contributed by atoms with Crippen LogP contribution in [0, 0.1) is 0 Å². The molecular formula is C27H33F3N4O2. The standard InChI is InChI=1S/C27H33F3N4O2/c1-4-32(5-2)26(35)20-11-14-24-23(17-20)31-25(34(24)18-21-8-7-15-33(21)6-3)16-19-9-12-22(13-10-19)36-27(28,29)30/h9-14,17,21H,4-8,15-16,18H2,1-3H3. The second kappa shape index (κ2) is 10.9. The van der Waals surface area contributed by atoms with Crippen LogP contribution in [-0.4, -0.2) is 63.8 Å². The maximum Gasteiger partial charge on any atom is 0.573 e. The molecule has 1 aromatic heterocycles. The number of amides is 1. The molecule has 0 radical (unpaired) electrons. The predicted octanol–water partition coefficient (Wildman–Crippen LogP) is 5.49. The Morgan fingerprint density at radius 1 is 1.11 bits per heavy atom. The Hall–Kier alpha value is -3.07. The minimum absolute atomic E-state index is 0.0220. The first kappa shape index (κ1) is 26.0. The molecule has 1 fully saturated rings. The third-order valence-electron chi connectivity index (χ3n) is 6.94. The molecule has 0 N–H and O–H groups in total. The van der Waals surface area contributed by atoms with E-state index in [2.05, 4.69) is 21.1 Å². The largest absolute Gasteiger partial charge is 0.573 e. The van der Waals surface area contributed by atoms with Crippen molar-refractivity contribution in [1.82, 2.24) is 19.4 Å². The van der Waals surface area contributed by atoms with E-state index >= 15 is 0 Å². The van der Waals surface area contributed by atoms with Crippen LogP contribution < -0.4 is 4.74 Å². The summed E-state index contributed by atoms with van der Waals surface area (Å²) in [6, 6.07) is 12.0. The van der Waals surface area contributed by atoms with Crippen LogP contribution in [0.15, 0.2) is 42.5 Å². The third-order valence-corrected chi connectivity index (χ3v) is 6.94. The van der Waals surface area contributed by atoms with Gasteiger partial charge in [0, 0.05) is 37.7 Å². The van der Waals surface area contributed by atoms with E-state index in [1.54, 1.807) is 17.0 Å². The molecule has 1 aliphatic rings. The van der Waals surface area contributed by atoms with Crippen molar-refractivity contribution in [2.24, 2.45) is 0 Å². The zero-order valence-corrected chi connectivity index (χ0v) is 21.0. The lowest BCUT2D eigenvalue weighted by molar-refractivity contribution is -0.274. The number of rotatable bonds is 9. The van der Waals surface area contributed by atoms with Crippen molar-refractivity contribution < 1.29 is 22.7 Å². The summed E-state index contributed by atoms with van der Waals surface area (Å²) in [4.78, 5) is 22.1. The van der Waals surface area contributed by atoms with Crippen molar-refractivity contribution in [3.63, 3.8) is 0 Å². The van der Waals surface area contributed by atoms with E-state index in [0.717, 1.165) is 54.9 Å². The molecule has 2 heterocycles. The van der Waals surface area contributed by atoms with Gasteiger partial charge in [-0.15, -0.1) is 13.2 Å². The van der Waals surface area contributed by atoms with Gasteiger partial charge in [-0.3, -0.25) is 9.69 Å².